The third kappa shape index (κ3) is 8.24. The lowest BCUT2D eigenvalue weighted by atomic mass is 9.81. The molecule has 1 aliphatic carbocycles. The van der Waals surface area contributed by atoms with Gasteiger partial charge in [0.2, 0.25) is 11.8 Å². The maximum absolute atomic E-state index is 16.1. The van der Waals surface area contributed by atoms with Gasteiger partial charge in [-0.15, -0.1) is 0 Å². The van der Waals surface area contributed by atoms with Gasteiger partial charge >= 0.3 is 11.9 Å². The van der Waals surface area contributed by atoms with Crippen molar-refractivity contribution in [2.45, 2.75) is 94.7 Å². The van der Waals surface area contributed by atoms with E-state index in [1.54, 1.807) is 25.2 Å². The Morgan fingerprint density at radius 2 is 1.80 bits per heavy atom. The van der Waals surface area contributed by atoms with E-state index in [0.717, 1.165) is 31.9 Å². The molecule has 0 radical (unpaired) electrons. The van der Waals surface area contributed by atoms with Crippen molar-refractivity contribution in [2.24, 2.45) is 13.0 Å². The van der Waals surface area contributed by atoms with Gasteiger partial charge in [0, 0.05) is 50.1 Å². The summed E-state index contributed by atoms with van der Waals surface area (Å²) in [6.07, 6.45) is -0.301. The number of amides is 3. The fourth-order valence-electron chi connectivity index (χ4n) is 9.22. The minimum absolute atomic E-state index is 0.00125. The molecule has 15 nitrogen and oxygen atoms in total. The van der Waals surface area contributed by atoms with E-state index < -0.39 is 47.2 Å². The molecule has 3 aromatic heterocycles. The zero-order valence-corrected chi connectivity index (χ0v) is 34.1. The van der Waals surface area contributed by atoms with Gasteiger partial charge in [-0.05, 0) is 83.5 Å². The molecule has 3 atom stereocenters. The highest BCUT2D eigenvalue weighted by molar-refractivity contribution is 6.04. The van der Waals surface area contributed by atoms with Crippen LogP contribution in [0, 0.1) is 5.92 Å². The number of piperidine rings is 2. The standard InChI is InChI=1S/C42H47F4N9O6/c1-41(2,60)24-16-27-33(17-26(24)49-37(57)28-18-47-19-34(48-28)42(44,45)46)61-39(50-27)23-10-8-22(9-11-23)20-52(3)29-14-15-54(21-25(29)43)30-6-5-7-31-36(30)53(4)40(59)55(31)32-12-13-35(56)51-38(32)58/h5-7,16-19,22-23,25,29,32,60H,8-15,20-21H2,1-4H3,(H,49,57)(H,51,56,58)/t22?,23?,25-,29+,32?/m1/s1. The van der Waals surface area contributed by atoms with E-state index in [1.165, 1.54) is 29.0 Å². The monoisotopic (exact) mass is 849 g/mol. The second-order valence-electron chi connectivity index (χ2n) is 17.0. The average molecular weight is 850 g/mol. The van der Waals surface area contributed by atoms with E-state index in [4.69, 9.17) is 9.40 Å². The number of carbonyl (C=O) groups is 3. The fraction of sp³-hybridized carbons (Fsp3) is 0.500. The largest absolute Gasteiger partial charge is 0.440 e. The van der Waals surface area contributed by atoms with Gasteiger partial charge in [-0.1, -0.05) is 6.07 Å². The number of alkyl halides is 4. The predicted octanol–water partition coefficient (Wildman–Crippen LogP) is 5.57. The first-order valence-electron chi connectivity index (χ1n) is 20.4. The number of hydrogen-bond donors (Lipinski definition) is 3. The molecule has 5 aromatic rings. The summed E-state index contributed by atoms with van der Waals surface area (Å²) in [7, 11) is 3.60. The number of imide groups is 1. The minimum atomic E-state index is -4.79. The Labute approximate surface area is 347 Å². The number of para-hydroxylation sites is 1. The molecular weight excluding hydrogens is 803 g/mol. The summed E-state index contributed by atoms with van der Waals surface area (Å²) in [4.78, 5) is 66.7. The quantitative estimate of drug-likeness (QED) is 0.125. The normalized spacial score (nSPS) is 22.9. The van der Waals surface area contributed by atoms with E-state index in [9.17, 15) is 37.5 Å². The molecule has 2 saturated heterocycles. The van der Waals surface area contributed by atoms with Gasteiger partial charge in [0.05, 0.1) is 46.9 Å². The Kier molecular flexibility index (Phi) is 11.0. The molecule has 61 heavy (non-hydrogen) atoms. The molecule has 1 saturated carbocycles. The maximum Gasteiger partial charge on any atom is 0.434 e. The van der Waals surface area contributed by atoms with E-state index in [-0.39, 0.29) is 54.2 Å². The van der Waals surface area contributed by atoms with Crippen LogP contribution in [0.5, 0.6) is 0 Å². The Morgan fingerprint density at radius 3 is 2.49 bits per heavy atom. The van der Waals surface area contributed by atoms with Crippen molar-refractivity contribution in [3.8, 4) is 0 Å². The lowest BCUT2D eigenvalue weighted by molar-refractivity contribution is -0.141. The van der Waals surface area contributed by atoms with Crippen molar-refractivity contribution >= 4 is 51.2 Å². The van der Waals surface area contributed by atoms with Crippen LogP contribution in [0.1, 0.15) is 98.4 Å². The Balaban J connectivity index is 0.900. The van der Waals surface area contributed by atoms with Gasteiger partial charge < -0.3 is 24.6 Å². The molecule has 2 aromatic carbocycles. The number of carbonyl (C=O) groups excluding carboxylic acids is 3. The van der Waals surface area contributed by atoms with Crippen molar-refractivity contribution in [2.75, 3.05) is 36.9 Å². The van der Waals surface area contributed by atoms with Crippen LogP contribution in [-0.4, -0.2) is 90.7 Å². The van der Waals surface area contributed by atoms with E-state index in [0.29, 0.717) is 65.3 Å². The van der Waals surface area contributed by atoms with Crippen LogP contribution in [0.2, 0.25) is 0 Å². The number of aromatic nitrogens is 5. The Bertz CT molecular complexity index is 2570. The number of fused-ring (bicyclic) bond motifs is 2. The first-order chi connectivity index (χ1) is 28.9. The first kappa shape index (κ1) is 42.0. The zero-order chi connectivity index (χ0) is 43.5. The molecule has 324 valence electrons. The summed E-state index contributed by atoms with van der Waals surface area (Å²) in [5.74, 6) is -1.00. The summed E-state index contributed by atoms with van der Waals surface area (Å²) in [6.45, 7) is 4.43. The Hall–Kier alpha value is -5.69. The van der Waals surface area contributed by atoms with Gasteiger partial charge in [-0.25, -0.2) is 19.2 Å². The lowest BCUT2D eigenvalue weighted by Gasteiger charge is -2.42. The third-order valence-electron chi connectivity index (χ3n) is 12.4. The van der Waals surface area contributed by atoms with Crippen LogP contribution in [0.4, 0.5) is 28.9 Å². The Morgan fingerprint density at radius 1 is 1.05 bits per heavy atom. The van der Waals surface area contributed by atoms with E-state index >= 15 is 4.39 Å². The molecule has 0 spiro atoms. The van der Waals surface area contributed by atoms with E-state index in [2.05, 4.69) is 25.5 Å². The van der Waals surface area contributed by atoms with Crippen molar-refractivity contribution in [1.82, 2.24) is 34.3 Å². The van der Waals surface area contributed by atoms with Gasteiger partial charge in [-0.2, -0.15) is 13.2 Å². The molecule has 3 amide bonds. The van der Waals surface area contributed by atoms with Gasteiger partial charge in [0.1, 0.15) is 23.4 Å². The number of benzene rings is 2. The number of aliphatic hydroxyl groups is 1. The third-order valence-corrected chi connectivity index (χ3v) is 12.4. The van der Waals surface area contributed by atoms with Crippen LogP contribution >= 0.6 is 0 Å². The highest BCUT2D eigenvalue weighted by atomic mass is 19.4. The van der Waals surface area contributed by atoms with Crippen LogP contribution in [0.25, 0.3) is 22.1 Å². The minimum Gasteiger partial charge on any atom is -0.440 e. The molecule has 3 fully saturated rings. The molecule has 2 aliphatic heterocycles. The molecule has 0 bridgehead atoms. The highest BCUT2D eigenvalue weighted by Gasteiger charge is 2.38. The second-order valence-corrected chi connectivity index (χ2v) is 17.0. The number of nitrogens with zero attached hydrogens (tertiary/aromatic N) is 7. The lowest BCUT2D eigenvalue weighted by Crippen LogP contribution is -2.52. The number of imidazole rings is 1. The zero-order valence-electron chi connectivity index (χ0n) is 34.1. The summed E-state index contributed by atoms with van der Waals surface area (Å²) in [5, 5.41) is 15.9. The van der Waals surface area contributed by atoms with E-state index in [1.807, 2.05) is 18.0 Å². The number of rotatable bonds is 9. The SMILES string of the molecule is CN(CC1CCC(c2nc3cc(C(C)(C)O)c(NC(=O)c4cncc(C(F)(F)F)n4)cc3o2)CC1)[C@H]1CCN(c2cccc3c2n(C)c(=O)n3C2CCC(=O)NC2=O)C[C@H]1F. The van der Waals surface area contributed by atoms with Crippen LogP contribution in [0.3, 0.4) is 0 Å². The molecular formula is C42H47F4N9O6. The van der Waals surface area contributed by atoms with Crippen LogP contribution in [0.15, 0.2) is 51.9 Å². The number of aryl methyl sites for hydroxylation is 1. The number of nitrogens with one attached hydrogen (secondary N) is 2. The summed E-state index contributed by atoms with van der Waals surface area (Å²) < 4.78 is 64.9. The fourth-order valence-corrected chi connectivity index (χ4v) is 9.22. The van der Waals surface area contributed by atoms with Gasteiger partial charge in [-0.3, -0.25) is 33.8 Å². The van der Waals surface area contributed by atoms with Crippen LogP contribution < -0.4 is 21.2 Å². The summed E-state index contributed by atoms with van der Waals surface area (Å²) in [5.41, 5.74) is -0.614. The van der Waals surface area contributed by atoms with Crippen LogP contribution in [-0.2, 0) is 28.4 Å². The molecule has 5 heterocycles. The maximum atomic E-state index is 16.1. The summed E-state index contributed by atoms with van der Waals surface area (Å²) in [6, 6.07) is 7.41. The highest BCUT2D eigenvalue weighted by Crippen LogP contribution is 2.40. The smallest absolute Gasteiger partial charge is 0.434 e. The first-order valence-corrected chi connectivity index (χ1v) is 20.4. The van der Waals surface area contributed by atoms with Gasteiger partial charge in [0.15, 0.2) is 17.2 Å². The molecule has 1 unspecified atom stereocenters. The average Bonchev–Trinajstić information content (AvgIpc) is 3.74. The number of oxazole rings is 1. The second kappa shape index (κ2) is 16.0. The number of anilines is 2. The molecule has 3 N–H and O–H groups in total. The number of hydrogen-bond acceptors (Lipinski definition) is 11. The topological polar surface area (TPSA) is 181 Å². The van der Waals surface area contributed by atoms with Crippen molar-refractivity contribution < 1.29 is 41.5 Å². The molecule has 8 rings (SSSR count). The van der Waals surface area contributed by atoms with Crippen molar-refractivity contribution in [3.05, 3.63) is 76.1 Å². The predicted molar refractivity (Wildman–Crippen MR) is 216 cm³/mol. The van der Waals surface area contributed by atoms with Gasteiger partial charge in [0.25, 0.3) is 5.91 Å². The molecule has 19 heteroatoms. The summed E-state index contributed by atoms with van der Waals surface area (Å²) >= 11 is 0. The number of halogens is 4. The van der Waals surface area contributed by atoms with Crippen molar-refractivity contribution in [3.63, 3.8) is 0 Å². The molecule has 3 aliphatic rings. The van der Waals surface area contributed by atoms with Crippen molar-refractivity contribution in [1.29, 1.82) is 0 Å².